The van der Waals surface area contributed by atoms with Gasteiger partial charge in [-0.05, 0) is 55.0 Å². The lowest BCUT2D eigenvalue weighted by Crippen LogP contribution is -2.37. The van der Waals surface area contributed by atoms with Gasteiger partial charge >= 0.3 is 0 Å². The average Bonchev–Trinajstić information content (AvgIpc) is 2.50. The zero-order chi connectivity index (χ0) is 17.7. The number of halogens is 2. The van der Waals surface area contributed by atoms with E-state index in [-0.39, 0.29) is 17.5 Å². The van der Waals surface area contributed by atoms with Crippen molar-refractivity contribution < 1.29 is 14.6 Å². The number of hydrogen-bond donors (Lipinski definition) is 3. The molecule has 0 radical (unpaired) electrons. The molecule has 0 saturated carbocycles. The van der Waals surface area contributed by atoms with E-state index in [2.05, 4.69) is 26.6 Å². The summed E-state index contributed by atoms with van der Waals surface area (Å²) in [5, 5.41) is 15.4. The minimum Gasteiger partial charge on any atom is -0.506 e. The number of hydrogen-bond acceptors (Lipinski definition) is 4. The van der Waals surface area contributed by atoms with Crippen molar-refractivity contribution in [2.24, 2.45) is 0 Å². The van der Waals surface area contributed by atoms with Crippen LogP contribution in [0.4, 0.5) is 5.69 Å². The lowest BCUT2D eigenvalue weighted by molar-refractivity contribution is -0.121. The standard InChI is InChI=1S/C16H14BrClN2O3S/c1-9-2-4-13(21)12(6-9)19-16(24)20-15(22)8-23-14-5-3-10(17)7-11(14)18/h2-7,21H,8H2,1H3,(H2,19,20,22,24). The van der Waals surface area contributed by atoms with Gasteiger partial charge in [0.05, 0.1) is 10.7 Å². The molecule has 0 aromatic heterocycles. The predicted molar refractivity (Wildman–Crippen MR) is 102 cm³/mol. The zero-order valence-corrected chi connectivity index (χ0v) is 15.8. The number of carbonyl (C=O) groups is 1. The fourth-order valence-corrected chi connectivity index (χ4v) is 2.75. The van der Waals surface area contributed by atoms with Crippen molar-refractivity contribution in [3.63, 3.8) is 0 Å². The topological polar surface area (TPSA) is 70.6 Å². The largest absolute Gasteiger partial charge is 0.506 e. The van der Waals surface area contributed by atoms with Crippen molar-refractivity contribution >= 4 is 56.5 Å². The van der Waals surface area contributed by atoms with Crippen LogP contribution in [0.3, 0.4) is 0 Å². The van der Waals surface area contributed by atoms with Crippen LogP contribution >= 0.6 is 39.7 Å². The van der Waals surface area contributed by atoms with Crippen LogP contribution in [-0.4, -0.2) is 22.7 Å². The molecule has 0 aliphatic heterocycles. The molecule has 0 bridgehead atoms. The van der Waals surface area contributed by atoms with E-state index >= 15 is 0 Å². The van der Waals surface area contributed by atoms with E-state index < -0.39 is 5.91 Å². The molecule has 0 heterocycles. The second kappa shape index (κ2) is 8.32. The Labute approximate surface area is 158 Å². The quantitative estimate of drug-likeness (QED) is 0.506. The molecule has 2 aromatic rings. The second-order valence-electron chi connectivity index (χ2n) is 4.89. The summed E-state index contributed by atoms with van der Waals surface area (Å²) in [7, 11) is 0. The molecule has 2 aromatic carbocycles. The van der Waals surface area contributed by atoms with Crippen molar-refractivity contribution in [1.29, 1.82) is 0 Å². The Morgan fingerprint density at radius 3 is 2.79 bits per heavy atom. The number of ether oxygens (including phenoxy) is 1. The molecule has 0 spiro atoms. The van der Waals surface area contributed by atoms with E-state index in [0.717, 1.165) is 10.0 Å². The first-order chi connectivity index (χ1) is 11.3. The monoisotopic (exact) mass is 428 g/mol. The molecule has 0 atom stereocenters. The summed E-state index contributed by atoms with van der Waals surface area (Å²) in [5.41, 5.74) is 1.36. The van der Waals surface area contributed by atoms with Crippen LogP contribution in [0, 0.1) is 6.92 Å². The summed E-state index contributed by atoms with van der Waals surface area (Å²) in [4.78, 5) is 11.9. The average molecular weight is 430 g/mol. The number of thiocarbonyl (C=S) groups is 1. The molecule has 8 heteroatoms. The van der Waals surface area contributed by atoms with E-state index in [1.807, 2.05) is 6.92 Å². The number of anilines is 1. The van der Waals surface area contributed by atoms with E-state index in [0.29, 0.717) is 16.5 Å². The second-order valence-corrected chi connectivity index (χ2v) is 6.62. The van der Waals surface area contributed by atoms with Gasteiger partial charge in [0.2, 0.25) is 0 Å². The number of benzene rings is 2. The Bertz CT molecular complexity index is 786. The van der Waals surface area contributed by atoms with Gasteiger partial charge < -0.3 is 15.2 Å². The van der Waals surface area contributed by atoms with E-state index in [9.17, 15) is 9.90 Å². The van der Waals surface area contributed by atoms with Gasteiger partial charge in [-0.3, -0.25) is 10.1 Å². The van der Waals surface area contributed by atoms with Crippen molar-refractivity contribution in [2.75, 3.05) is 11.9 Å². The van der Waals surface area contributed by atoms with Crippen LogP contribution in [0.2, 0.25) is 5.02 Å². The number of phenols is 1. The minimum atomic E-state index is -0.446. The highest BCUT2D eigenvalue weighted by Gasteiger charge is 2.10. The Morgan fingerprint density at radius 2 is 2.08 bits per heavy atom. The minimum absolute atomic E-state index is 0.0371. The molecule has 24 heavy (non-hydrogen) atoms. The van der Waals surface area contributed by atoms with Crippen LogP contribution in [0.15, 0.2) is 40.9 Å². The Hall–Kier alpha value is -1.83. The lowest BCUT2D eigenvalue weighted by atomic mass is 10.2. The van der Waals surface area contributed by atoms with Gasteiger partial charge in [-0.15, -0.1) is 0 Å². The molecule has 3 N–H and O–H groups in total. The number of carbonyl (C=O) groups excluding carboxylic acids is 1. The van der Waals surface area contributed by atoms with Gasteiger partial charge in [0.25, 0.3) is 5.91 Å². The summed E-state index contributed by atoms with van der Waals surface area (Å²) < 4.78 is 6.16. The van der Waals surface area contributed by atoms with Gasteiger partial charge in [-0.25, -0.2) is 0 Å². The van der Waals surface area contributed by atoms with Crippen LogP contribution in [0.5, 0.6) is 11.5 Å². The van der Waals surface area contributed by atoms with E-state index in [4.69, 9.17) is 28.6 Å². The number of amides is 1. The van der Waals surface area contributed by atoms with E-state index in [1.165, 1.54) is 0 Å². The summed E-state index contributed by atoms with van der Waals surface area (Å²) in [5.74, 6) is -0.0149. The molecule has 0 aliphatic rings. The third-order valence-electron chi connectivity index (χ3n) is 2.91. The first-order valence-corrected chi connectivity index (χ1v) is 8.41. The molecule has 0 fully saturated rings. The summed E-state index contributed by atoms with van der Waals surface area (Å²) in [6.07, 6.45) is 0. The van der Waals surface area contributed by atoms with Crippen LogP contribution in [0.1, 0.15) is 5.56 Å². The molecule has 5 nitrogen and oxygen atoms in total. The predicted octanol–water partition coefficient (Wildman–Crippen LogP) is 4.01. The molecular weight excluding hydrogens is 416 g/mol. The highest BCUT2D eigenvalue weighted by atomic mass is 79.9. The van der Waals surface area contributed by atoms with E-state index in [1.54, 1.807) is 36.4 Å². The highest BCUT2D eigenvalue weighted by Crippen LogP contribution is 2.27. The first-order valence-electron chi connectivity index (χ1n) is 6.83. The number of phenolic OH excluding ortho intramolecular Hbond substituents is 1. The SMILES string of the molecule is Cc1ccc(O)c(NC(=S)NC(=O)COc2ccc(Br)cc2Cl)c1. The number of nitrogens with one attached hydrogen (secondary N) is 2. The molecule has 2 rings (SSSR count). The number of aryl methyl sites for hydroxylation is 1. The lowest BCUT2D eigenvalue weighted by Gasteiger charge is -2.12. The first kappa shape index (κ1) is 18.5. The van der Waals surface area contributed by atoms with Gasteiger partial charge in [0, 0.05) is 4.47 Å². The summed E-state index contributed by atoms with van der Waals surface area (Å²) >= 11 is 14.3. The van der Waals surface area contributed by atoms with Crippen LogP contribution in [0.25, 0.3) is 0 Å². The molecule has 0 aliphatic carbocycles. The molecule has 0 saturated heterocycles. The maximum absolute atomic E-state index is 11.9. The smallest absolute Gasteiger partial charge is 0.264 e. The molecule has 126 valence electrons. The zero-order valence-electron chi connectivity index (χ0n) is 12.6. The maximum atomic E-state index is 11.9. The number of rotatable bonds is 4. The van der Waals surface area contributed by atoms with Crippen molar-refractivity contribution in [2.45, 2.75) is 6.92 Å². The summed E-state index contributed by atoms with van der Waals surface area (Å²) in [6.45, 7) is 1.63. The molecule has 1 amide bonds. The Kier molecular flexibility index (Phi) is 6.42. The van der Waals surface area contributed by atoms with Crippen molar-refractivity contribution in [1.82, 2.24) is 5.32 Å². The highest BCUT2D eigenvalue weighted by molar-refractivity contribution is 9.10. The van der Waals surface area contributed by atoms with Crippen molar-refractivity contribution in [3.05, 3.63) is 51.5 Å². The van der Waals surface area contributed by atoms with Gasteiger partial charge in [0.15, 0.2) is 11.7 Å². The van der Waals surface area contributed by atoms with Crippen molar-refractivity contribution in [3.8, 4) is 11.5 Å². The normalized spacial score (nSPS) is 10.1. The maximum Gasteiger partial charge on any atom is 0.264 e. The molecular formula is C16H14BrClN2O3S. The van der Waals surface area contributed by atoms with Crippen LogP contribution < -0.4 is 15.4 Å². The third-order valence-corrected chi connectivity index (χ3v) is 3.90. The Balaban J connectivity index is 1.87. The number of aromatic hydroxyl groups is 1. The third kappa shape index (κ3) is 5.36. The fourth-order valence-electron chi connectivity index (χ4n) is 1.80. The van der Waals surface area contributed by atoms with Gasteiger partial charge in [-0.2, -0.15) is 0 Å². The fraction of sp³-hybridized carbons (Fsp3) is 0.125. The van der Waals surface area contributed by atoms with Gasteiger partial charge in [0.1, 0.15) is 11.5 Å². The molecule has 0 unspecified atom stereocenters. The summed E-state index contributed by atoms with van der Waals surface area (Å²) in [6, 6.07) is 10.1. The Morgan fingerprint density at radius 1 is 1.33 bits per heavy atom. The van der Waals surface area contributed by atoms with Gasteiger partial charge in [-0.1, -0.05) is 33.6 Å². The van der Waals surface area contributed by atoms with Crippen LogP contribution in [-0.2, 0) is 4.79 Å².